The normalized spacial score (nSPS) is 33.7. The fraction of sp³-hybridized carbons (Fsp3) is 0.941. The highest BCUT2D eigenvalue weighted by Crippen LogP contribution is 2.49. The molecule has 0 aromatic heterocycles. The summed E-state index contributed by atoms with van der Waals surface area (Å²) in [4.78, 5) is 16.8. The second-order valence-electron chi connectivity index (χ2n) is 8.11. The van der Waals surface area contributed by atoms with Crippen molar-refractivity contribution in [1.82, 2.24) is 9.80 Å². The fourth-order valence-corrected chi connectivity index (χ4v) is 4.68. The number of carbonyl (C=O) groups is 1. The second kappa shape index (κ2) is 5.88. The summed E-state index contributed by atoms with van der Waals surface area (Å²) in [5.41, 5.74) is -0.644. The summed E-state index contributed by atoms with van der Waals surface area (Å²) in [6, 6.07) is 0. The highest BCUT2D eigenvalue weighted by Gasteiger charge is 2.40. The van der Waals surface area contributed by atoms with Crippen LogP contribution in [0.2, 0.25) is 0 Å². The van der Waals surface area contributed by atoms with Gasteiger partial charge in [0.1, 0.15) is 0 Å². The summed E-state index contributed by atoms with van der Waals surface area (Å²) in [7, 11) is 0. The van der Waals surface area contributed by atoms with Crippen molar-refractivity contribution in [1.29, 1.82) is 0 Å². The van der Waals surface area contributed by atoms with E-state index in [1.54, 1.807) is 0 Å². The van der Waals surface area contributed by atoms with Crippen LogP contribution in [0.3, 0.4) is 0 Å². The standard InChI is InChI=1S/C17H30N2O2/c1-17(2,21)12-18-5-7-19(8-6-18)16(20)11-15-10-13-3-4-14(15)9-13/h13-15,21H,3-12H2,1-2H3. The molecule has 2 bridgehead atoms. The number of β-amino-alcohol motifs (C(OH)–C–C–N with tert-alkyl or cyclic N) is 1. The third-order valence-electron chi connectivity index (χ3n) is 5.66. The van der Waals surface area contributed by atoms with Gasteiger partial charge in [0.15, 0.2) is 0 Å². The Morgan fingerprint density at radius 1 is 1.14 bits per heavy atom. The lowest BCUT2D eigenvalue weighted by Crippen LogP contribution is -2.52. The Balaban J connectivity index is 1.43. The number of hydrogen-bond acceptors (Lipinski definition) is 3. The van der Waals surface area contributed by atoms with Crippen LogP contribution < -0.4 is 0 Å². The molecule has 3 unspecified atom stereocenters. The Kier molecular flexibility index (Phi) is 4.28. The first-order valence-corrected chi connectivity index (χ1v) is 8.63. The van der Waals surface area contributed by atoms with E-state index in [2.05, 4.69) is 4.90 Å². The van der Waals surface area contributed by atoms with E-state index in [-0.39, 0.29) is 0 Å². The molecule has 2 aliphatic carbocycles. The lowest BCUT2D eigenvalue weighted by Gasteiger charge is -2.38. The molecule has 3 atom stereocenters. The summed E-state index contributed by atoms with van der Waals surface area (Å²) in [6.07, 6.45) is 6.24. The molecule has 2 saturated carbocycles. The van der Waals surface area contributed by atoms with E-state index < -0.39 is 5.60 Å². The number of aliphatic hydroxyl groups is 1. The third-order valence-corrected chi connectivity index (χ3v) is 5.66. The molecule has 1 N–H and O–H groups in total. The van der Waals surface area contributed by atoms with Crippen LogP contribution in [-0.4, -0.2) is 59.1 Å². The van der Waals surface area contributed by atoms with Gasteiger partial charge in [0.2, 0.25) is 5.91 Å². The Hall–Kier alpha value is -0.610. The predicted octanol–water partition coefficient (Wildman–Crippen LogP) is 1.73. The number of nitrogens with zero attached hydrogens (tertiary/aromatic N) is 2. The van der Waals surface area contributed by atoms with Crippen molar-refractivity contribution in [2.24, 2.45) is 17.8 Å². The Bertz CT molecular complexity index is 383. The molecule has 1 amide bonds. The number of piperazine rings is 1. The molecule has 3 aliphatic rings. The molecule has 120 valence electrons. The van der Waals surface area contributed by atoms with Crippen molar-refractivity contribution in [3.63, 3.8) is 0 Å². The first-order valence-electron chi connectivity index (χ1n) is 8.63. The molecular formula is C17H30N2O2. The minimum Gasteiger partial charge on any atom is -0.389 e. The zero-order valence-corrected chi connectivity index (χ0v) is 13.6. The summed E-state index contributed by atoms with van der Waals surface area (Å²) in [5.74, 6) is 2.81. The Labute approximate surface area is 128 Å². The Morgan fingerprint density at radius 3 is 2.38 bits per heavy atom. The maximum absolute atomic E-state index is 12.5. The molecule has 21 heavy (non-hydrogen) atoms. The highest BCUT2D eigenvalue weighted by atomic mass is 16.3. The highest BCUT2D eigenvalue weighted by molar-refractivity contribution is 5.76. The van der Waals surface area contributed by atoms with Crippen LogP contribution >= 0.6 is 0 Å². The molecule has 1 heterocycles. The first-order chi connectivity index (χ1) is 9.90. The van der Waals surface area contributed by atoms with Crippen molar-refractivity contribution in [3.8, 4) is 0 Å². The number of rotatable bonds is 4. The molecule has 4 nitrogen and oxygen atoms in total. The zero-order valence-electron chi connectivity index (χ0n) is 13.6. The van der Waals surface area contributed by atoms with Gasteiger partial charge in [0.25, 0.3) is 0 Å². The molecule has 1 aliphatic heterocycles. The average molecular weight is 294 g/mol. The van der Waals surface area contributed by atoms with E-state index in [0.717, 1.165) is 44.4 Å². The van der Waals surface area contributed by atoms with Crippen LogP contribution in [0.25, 0.3) is 0 Å². The molecule has 0 aromatic rings. The van der Waals surface area contributed by atoms with Gasteiger partial charge in [-0.2, -0.15) is 0 Å². The maximum atomic E-state index is 12.5. The van der Waals surface area contributed by atoms with Gasteiger partial charge in [-0.3, -0.25) is 9.69 Å². The monoisotopic (exact) mass is 294 g/mol. The van der Waals surface area contributed by atoms with Crippen molar-refractivity contribution in [2.45, 2.75) is 51.6 Å². The Morgan fingerprint density at radius 2 is 1.86 bits per heavy atom. The number of fused-ring (bicyclic) bond motifs is 2. The van der Waals surface area contributed by atoms with Crippen molar-refractivity contribution in [3.05, 3.63) is 0 Å². The minimum absolute atomic E-state index is 0.371. The predicted molar refractivity (Wildman–Crippen MR) is 82.9 cm³/mol. The second-order valence-corrected chi connectivity index (χ2v) is 8.11. The van der Waals surface area contributed by atoms with Crippen LogP contribution in [0.1, 0.15) is 46.0 Å². The molecule has 4 heteroatoms. The van der Waals surface area contributed by atoms with Gasteiger partial charge in [0, 0.05) is 39.1 Å². The quantitative estimate of drug-likeness (QED) is 0.859. The average Bonchev–Trinajstić information content (AvgIpc) is 3.00. The van der Waals surface area contributed by atoms with Crippen molar-refractivity contribution < 1.29 is 9.90 Å². The number of hydrogen-bond donors (Lipinski definition) is 1. The summed E-state index contributed by atoms with van der Waals surface area (Å²) < 4.78 is 0. The topological polar surface area (TPSA) is 43.8 Å². The van der Waals surface area contributed by atoms with Crippen LogP contribution in [0.15, 0.2) is 0 Å². The SMILES string of the molecule is CC(C)(O)CN1CCN(C(=O)CC2CC3CCC2C3)CC1. The minimum atomic E-state index is -0.644. The molecular weight excluding hydrogens is 264 g/mol. The zero-order chi connectivity index (χ0) is 15.0. The molecule has 1 saturated heterocycles. The van der Waals surface area contributed by atoms with E-state index in [1.807, 2.05) is 18.7 Å². The molecule has 0 radical (unpaired) electrons. The van der Waals surface area contributed by atoms with E-state index in [9.17, 15) is 9.90 Å². The van der Waals surface area contributed by atoms with Crippen LogP contribution in [-0.2, 0) is 4.79 Å². The summed E-state index contributed by atoms with van der Waals surface area (Å²) >= 11 is 0. The van der Waals surface area contributed by atoms with Gasteiger partial charge in [-0.25, -0.2) is 0 Å². The van der Waals surface area contributed by atoms with E-state index in [4.69, 9.17) is 0 Å². The molecule has 0 aromatic carbocycles. The van der Waals surface area contributed by atoms with Crippen LogP contribution in [0.5, 0.6) is 0 Å². The fourth-order valence-electron chi connectivity index (χ4n) is 4.68. The van der Waals surface area contributed by atoms with Gasteiger partial charge < -0.3 is 10.0 Å². The van der Waals surface area contributed by atoms with Gasteiger partial charge >= 0.3 is 0 Å². The van der Waals surface area contributed by atoms with Crippen LogP contribution in [0.4, 0.5) is 0 Å². The first kappa shape index (κ1) is 15.3. The smallest absolute Gasteiger partial charge is 0.222 e. The summed E-state index contributed by atoms with van der Waals surface area (Å²) in [6.45, 7) is 7.84. The number of amides is 1. The summed E-state index contributed by atoms with van der Waals surface area (Å²) in [5, 5.41) is 9.87. The molecule has 3 rings (SSSR count). The lowest BCUT2D eigenvalue weighted by molar-refractivity contribution is -0.134. The third kappa shape index (κ3) is 3.78. The maximum Gasteiger partial charge on any atom is 0.222 e. The molecule has 3 fully saturated rings. The number of carbonyl (C=O) groups excluding carboxylic acids is 1. The lowest BCUT2D eigenvalue weighted by atomic mass is 9.86. The van der Waals surface area contributed by atoms with Gasteiger partial charge in [0.05, 0.1) is 5.60 Å². The van der Waals surface area contributed by atoms with Crippen LogP contribution in [0, 0.1) is 17.8 Å². The largest absolute Gasteiger partial charge is 0.389 e. The van der Waals surface area contributed by atoms with Crippen molar-refractivity contribution >= 4 is 5.91 Å². The van der Waals surface area contributed by atoms with Crippen molar-refractivity contribution in [2.75, 3.05) is 32.7 Å². The molecule has 0 spiro atoms. The van der Waals surface area contributed by atoms with E-state index in [1.165, 1.54) is 25.7 Å². The van der Waals surface area contributed by atoms with Gasteiger partial charge in [-0.15, -0.1) is 0 Å². The van der Waals surface area contributed by atoms with Gasteiger partial charge in [-0.05, 0) is 50.9 Å². The van der Waals surface area contributed by atoms with Gasteiger partial charge in [-0.1, -0.05) is 6.42 Å². The van der Waals surface area contributed by atoms with E-state index in [0.29, 0.717) is 18.4 Å². The van der Waals surface area contributed by atoms with E-state index >= 15 is 0 Å².